The molecule has 0 bridgehead atoms. The van der Waals surface area contributed by atoms with Crippen molar-refractivity contribution in [3.8, 4) is 0 Å². The number of aryl methyl sites for hydroxylation is 1. The van der Waals surface area contributed by atoms with E-state index >= 15 is 0 Å². The van der Waals surface area contributed by atoms with E-state index in [1.165, 1.54) is 12.8 Å². The molecule has 0 saturated carbocycles. The summed E-state index contributed by atoms with van der Waals surface area (Å²) in [7, 11) is 0. The van der Waals surface area contributed by atoms with Crippen molar-refractivity contribution in [1.29, 1.82) is 0 Å². The van der Waals surface area contributed by atoms with Crippen molar-refractivity contribution < 1.29 is 0 Å². The third kappa shape index (κ3) is 2.90. The summed E-state index contributed by atoms with van der Waals surface area (Å²) in [5.41, 5.74) is 2.19. The molecule has 1 unspecified atom stereocenters. The van der Waals surface area contributed by atoms with Crippen molar-refractivity contribution >= 4 is 33.2 Å². The topological polar surface area (TPSA) is 24.1 Å². The van der Waals surface area contributed by atoms with E-state index in [0.29, 0.717) is 6.04 Å². The number of halogens is 2. The molecule has 16 heavy (non-hydrogen) atoms. The molecule has 2 nitrogen and oxygen atoms in total. The molecule has 0 radical (unpaired) electrons. The molecule has 88 valence electrons. The maximum atomic E-state index is 6.13. The van der Waals surface area contributed by atoms with E-state index in [0.717, 1.165) is 33.8 Å². The predicted octanol–water partition coefficient (Wildman–Crippen LogP) is 3.57. The van der Waals surface area contributed by atoms with Crippen LogP contribution in [0, 0.1) is 6.92 Å². The van der Waals surface area contributed by atoms with Crippen LogP contribution in [0.25, 0.3) is 0 Å². The summed E-state index contributed by atoms with van der Waals surface area (Å²) >= 11 is 9.69. The second-order valence-corrected chi connectivity index (χ2v) is 5.53. The van der Waals surface area contributed by atoms with Crippen LogP contribution in [-0.2, 0) is 0 Å². The van der Waals surface area contributed by atoms with E-state index in [2.05, 4.69) is 32.6 Å². The first-order chi connectivity index (χ1) is 7.66. The van der Waals surface area contributed by atoms with Gasteiger partial charge in [0.1, 0.15) is 0 Å². The van der Waals surface area contributed by atoms with Gasteiger partial charge in [0.25, 0.3) is 0 Å². The molecule has 1 aliphatic heterocycles. The van der Waals surface area contributed by atoms with Crippen LogP contribution in [0.2, 0.25) is 5.02 Å². The maximum absolute atomic E-state index is 6.13. The zero-order valence-electron chi connectivity index (χ0n) is 9.32. The summed E-state index contributed by atoms with van der Waals surface area (Å²) in [4.78, 5) is 0. The number of hydrogen-bond acceptors (Lipinski definition) is 2. The minimum absolute atomic E-state index is 0.504. The normalized spacial score (nSPS) is 20.8. The van der Waals surface area contributed by atoms with Gasteiger partial charge < -0.3 is 10.6 Å². The maximum Gasteiger partial charge on any atom is 0.0502 e. The van der Waals surface area contributed by atoms with Crippen LogP contribution in [0.4, 0.5) is 5.69 Å². The summed E-state index contributed by atoms with van der Waals surface area (Å²) in [5, 5.41) is 7.73. The molecule has 1 heterocycles. The Morgan fingerprint density at radius 2 is 2.31 bits per heavy atom. The summed E-state index contributed by atoms with van der Waals surface area (Å²) in [6, 6.07) is 4.56. The number of hydrogen-bond donors (Lipinski definition) is 2. The van der Waals surface area contributed by atoms with E-state index in [4.69, 9.17) is 11.6 Å². The summed E-state index contributed by atoms with van der Waals surface area (Å²) in [6.45, 7) is 4.17. The standard InChI is InChI=1S/C12H16BrClN2/c1-8-5-10(13)12(6-11(8)14)16-9-3-2-4-15-7-9/h5-6,9,15-16H,2-4,7H2,1H3. The van der Waals surface area contributed by atoms with Gasteiger partial charge in [-0.1, -0.05) is 11.6 Å². The van der Waals surface area contributed by atoms with Crippen LogP contribution < -0.4 is 10.6 Å². The van der Waals surface area contributed by atoms with Crippen LogP contribution in [-0.4, -0.2) is 19.1 Å². The van der Waals surface area contributed by atoms with Gasteiger partial charge in [0.05, 0.1) is 5.69 Å². The quantitative estimate of drug-likeness (QED) is 0.873. The van der Waals surface area contributed by atoms with Gasteiger partial charge >= 0.3 is 0 Å². The lowest BCUT2D eigenvalue weighted by Gasteiger charge is -2.25. The van der Waals surface area contributed by atoms with Gasteiger partial charge in [-0.2, -0.15) is 0 Å². The molecule has 1 saturated heterocycles. The fourth-order valence-electron chi connectivity index (χ4n) is 1.95. The van der Waals surface area contributed by atoms with Crippen molar-refractivity contribution in [3.05, 3.63) is 27.2 Å². The molecular weight excluding hydrogens is 288 g/mol. The van der Waals surface area contributed by atoms with Gasteiger partial charge in [-0.25, -0.2) is 0 Å². The van der Waals surface area contributed by atoms with Crippen molar-refractivity contribution in [2.45, 2.75) is 25.8 Å². The highest BCUT2D eigenvalue weighted by Gasteiger charge is 2.14. The van der Waals surface area contributed by atoms with Gasteiger partial charge in [0.2, 0.25) is 0 Å². The molecule has 4 heteroatoms. The third-order valence-electron chi connectivity index (χ3n) is 2.90. The molecule has 1 atom stereocenters. The number of benzene rings is 1. The van der Waals surface area contributed by atoms with Crippen molar-refractivity contribution in [3.63, 3.8) is 0 Å². The largest absolute Gasteiger partial charge is 0.380 e. The Morgan fingerprint density at radius 1 is 1.50 bits per heavy atom. The minimum atomic E-state index is 0.504. The molecule has 0 aliphatic carbocycles. The lowest BCUT2D eigenvalue weighted by molar-refractivity contribution is 0.480. The zero-order chi connectivity index (χ0) is 11.5. The monoisotopic (exact) mass is 302 g/mol. The van der Waals surface area contributed by atoms with Crippen LogP contribution in [0.5, 0.6) is 0 Å². The lowest BCUT2D eigenvalue weighted by atomic mass is 10.1. The Balaban J connectivity index is 2.11. The molecule has 2 N–H and O–H groups in total. The molecule has 2 rings (SSSR count). The molecule has 0 spiro atoms. The second kappa shape index (κ2) is 5.39. The van der Waals surface area contributed by atoms with Crippen LogP contribution >= 0.6 is 27.5 Å². The molecule has 1 fully saturated rings. The number of rotatable bonds is 2. The summed E-state index contributed by atoms with van der Waals surface area (Å²) < 4.78 is 1.08. The average molecular weight is 304 g/mol. The van der Waals surface area contributed by atoms with E-state index in [-0.39, 0.29) is 0 Å². The van der Waals surface area contributed by atoms with Gasteiger partial charge in [-0.05, 0) is 59.9 Å². The van der Waals surface area contributed by atoms with Crippen LogP contribution in [0.1, 0.15) is 18.4 Å². The number of nitrogens with one attached hydrogen (secondary N) is 2. The van der Waals surface area contributed by atoms with Crippen molar-refractivity contribution in [1.82, 2.24) is 5.32 Å². The fourth-order valence-corrected chi connectivity index (χ4v) is 2.69. The van der Waals surface area contributed by atoms with E-state index in [1.807, 2.05) is 13.0 Å². The first-order valence-corrected chi connectivity index (χ1v) is 6.77. The third-order valence-corrected chi connectivity index (χ3v) is 3.97. The number of anilines is 1. The molecule has 1 aromatic rings. The predicted molar refractivity (Wildman–Crippen MR) is 73.4 cm³/mol. The molecule has 1 aromatic carbocycles. The van der Waals surface area contributed by atoms with E-state index < -0.39 is 0 Å². The average Bonchev–Trinajstić information content (AvgIpc) is 2.27. The van der Waals surface area contributed by atoms with Crippen LogP contribution in [0.3, 0.4) is 0 Å². The highest BCUT2D eigenvalue weighted by atomic mass is 79.9. The lowest BCUT2D eigenvalue weighted by Crippen LogP contribution is -2.38. The van der Waals surface area contributed by atoms with Gasteiger partial charge in [0.15, 0.2) is 0 Å². The minimum Gasteiger partial charge on any atom is -0.380 e. The number of piperidine rings is 1. The highest BCUT2D eigenvalue weighted by molar-refractivity contribution is 9.10. The van der Waals surface area contributed by atoms with Gasteiger partial charge in [0, 0.05) is 22.1 Å². The van der Waals surface area contributed by atoms with E-state index in [1.54, 1.807) is 0 Å². The first-order valence-electron chi connectivity index (χ1n) is 5.59. The summed E-state index contributed by atoms with van der Waals surface area (Å²) in [6.07, 6.45) is 2.44. The second-order valence-electron chi connectivity index (χ2n) is 4.27. The summed E-state index contributed by atoms with van der Waals surface area (Å²) in [5.74, 6) is 0. The highest BCUT2D eigenvalue weighted by Crippen LogP contribution is 2.30. The van der Waals surface area contributed by atoms with Gasteiger partial charge in [-0.15, -0.1) is 0 Å². The molecule has 0 aromatic heterocycles. The Labute approximate surface area is 110 Å². The van der Waals surface area contributed by atoms with Gasteiger partial charge in [-0.3, -0.25) is 0 Å². The van der Waals surface area contributed by atoms with E-state index in [9.17, 15) is 0 Å². The molecule has 0 amide bonds. The van der Waals surface area contributed by atoms with Crippen LogP contribution in [0.15, 0.2) is 16.6 Å². The Bertz CT molecular complexity index is 376. The smallest absolute Gasteiger partial charge is 0.0502 e. The van der Waals surface area contributed by atoms with Crippen molar-refractivity contribution in [2.75, 3.05) is 18.4 Å². The zero-order valence-corrected chi connectivity index (χ0v) is 11.7. The Kier molecular flexibility index (Phi) is 4.11. The molecular formula is C12H16BrClN2. The SMILES string of the molecule is Cc1cc(Br)c(NC2CCCNC2)cc1Cl. The first kappa shape index (κ1) is 12.2. The Morgan fingerprint density at radius 3 is 3.00 bits per heavy atom. The fraction of sp³-hybridized carbons (Fsp3) is 0.500. The molecule has 1 aliphatic rings. The van der Waals surface area contributed by atoms with Crippen molar-refractivity contribution in [2.24, 2.45) is 0 Å². The Hall–Kier alpha value is -0.250.